The van der Waals surface area contributed by atoms with E-state index in [0.29, 0.717) is 0 Å². The molecule has 2 heteroatoms. The van der Waals surface area contributed by atoms with Gasteiger partial charge in [-0.05, 0) is 20.1 Å². The quantitative estimate of drug-likeness (QED) is 0.442. The van der Waals surface area contributed by atoms with Gasteiger partial charge in [-0.15, -0.1) is 0 Å². The summed E-state index contributed by atoms with van der Waals surface area (Å²) in [5.74, 6) is 0. The second-order valence-corrected chi connectivity index (χ2v) is 1.09. The molecule has 0 heterocycles. The zero-order valence-corrected chi connectivity index (χ0v) is 5.37. The number of aliphatic hydroxyl groups is 1. The molecule has 0 aliphatic carbocycles. The van der Waals surface area contributed by atoms with Crippen LogP contribution in [0, 0.1) is 0 Å². The van der Waals surface area contributed by atoms with E-state index < -0.39 is 0 Å². The predicted octanol–water partition coefficient (Wildman–Crippen LogP) is 0.933. The molecule has 0 spiro atoms. The molecule has 1 N–H and O–H groups in total. The minimum atomic E-state index is -0.167. The Labute approximate surface area is 44.8 Å². The van der Waals surface area contributed by atoms with Crippen molar-refractivity contribution in [1.29, 1.82) is 0 Å². The lowest BCUT2D eigenvalue weighted by atomic mass is 10.5. The summed E-state index contributed by atoms with van der Waals surface area (Å²) in [5, 5.41) is 8.06. The third-order valence-corrected chi connectivity index (χ3v) is 0. The molecule has 0 aromatic carbocycles. The predicted molar refractivity (Wildman–Crippen MR) is 32.3 cm³/mol. The number of hydrogen-bond acceptors (Lipinski definition) is 2. The minimum Gasteiger partial charge on any atom is -0.394 e. The molecule has 0 aliphatic rings. The topological polar surface area (TPSA) is 20.2 Å². The number of rotatable bonds is 0. The van der Waals surface area contributed by atoms with Gasteiger partial charge in [0.15, 0.2) is 0 Å². The molecule has 0 saturated carbocycles. The molecular formula is C4H12OS. The maximum absolute atomic E-state index is 8.06. The fraction of sp³-hybridized carbons (Fsp3) is 1.00. The van der Waals surface area contributed by atoms with E-state index in [1.54, 1.807) is 20.1 Å². The Morgan fingerprint density at radius 1 is 1.33 bits per heavy atom. The van der Waals surface area contributed by atoms with Crippen LogP contribution >= 0.6 is 12.6 Å². The fourth-order valence-electron chi connectivity index (χ4n) is 0. The lowest BCUT2D eigenvalue weighted by molar-refractivity contribution is 0.216. The molecule has 1 nitrogen and oxygen atoms in total. The normalized spacial score (nSPS) is 7.00. The molecular weight excluding hydrogens is 96.1 g/mol. The van der Waals surface area contributed by atoms with Gasteiger partial charge >= 0.3 is 0 Å². The summed E-state index contributed by atoms with van der Waals surface area (Å²) in [6.45, 7) is 3.44. The highest BCUT2D eigenvalue weighted by Gasteiger charge is 1.69. The Morgan fingerprint density at radius 3 is 1.33 bits per heavy atom. The molecule has 0 amide bonds. The third kappa shape index (κ3) is 491. The first-order valence-electron chi connectivity index (χ1n) is 1.86. The fourth-order valence-corrected chi connectivity index (χ4v) is 0. The van der Waals surface area contributed by atoms with Crippen molar-refractivity contribution < 1.29 is 5.11 Å². The van der Waals surface area contributed by atoms with E-state index in [2.05, 4.69) is 12.6 Å². The first-order valence-corrected chi connectivity index (χ1v) is 2.75. The summed E-state index contributed by atoms with van der Waals surface area (Å²) in [4.78, 5) is 0. The van der Waals surface area contributed by atoms with Gasteiger partial charge in [-0.1, -0.05) is 0 Å². The average molecular weight is 108 g/mol. The van der Waals surface area contributed by atoms with Crippen molar-refractivity contribution in [2.45, 2.75) is 20.0 Å². The summed E-state index contributed by atoms with van der Waals surface area (Å²) < 4.78 is 0. The van der Waals surface area contributed by atoms with Crippen molar-refractivity contribution in [2.75, 3.05) is 6.26 Å². The largest absolute Gasteiger partial charge is 0.394 e. The van der Waals surface area contributed by atoms with E-state index in [-0.39, 0.29) is 6.10 Å². The van der Waals surface area contributed by atoms with Crippen LogP contribution in [0.1, 0.15) is 13.8 Å². The van der Waals surface area contributed by atoms with E-state index in [4.69, 9.17) is 5.11 Å². The van der Waals surface area contributed by atoms with Crippen molar-refractivity contribution in [3.8, 4) is 0 Å². The Kier molecular flexibility index (Phi) is 14.4. The highest BCUT2D eigenvalue weighted by molar-refractivity contribution is 7.79. The van der Waals surface area contributed by atoms with Crippen molar-refractivity contribution in [3.63, 3.8) is 0 Å². The molecule has 0 aromatic rings. The number of hydrogen-bond donors (Lipinski definition) is 2. The maximum atomic E-state index is 8.06. The van der Waals surface area contributed by atoms with E-state index in [9.17, 15) is 0 Å². The molecule has 0 atom stereocenters. The monoisotopic (exact) mass is 108 g/mol. The van der Waals surface area contributed by atoms with Gasteiger partial charge in [-0.3, -0.25) is 0 Å². The van der Waals surface area contributed by atoms with Gasteiger partial charge in [0.2, 0.25) is 0 Å². The lowest BCUT2D eigenvalue weighted by Crippen LogP contribution is -1.85. The molecule has 0 radical (unpaired) electrons. The van der Waals surface area contributed by atoms with Crippen molar-refractivity contribution in [1.82, 2.24) is 0 Å². The van der Waals surface area contributed by atoms with Crippen LogP contribution in [0.15, 0.2) is 0 Å². The summed E-state index contributed by atoms with van der Waals surface area (Å²) >= 11 is 3.53. The van der Waals surface area contributed by atoms with Crippen LogP contribution in [0.3, 0.4) is 0 Å². The van der Waals surface area contributed by atoms with Gasteiger partial charge in [-0.2, -0.15) is 12.6 Å². The summed E-state index contributed by atoms with van der Waals surface area (Å²) in [7, 11) is 0. The van der Waals surface area contributed by atoms with Crippen LogP contribution in [0.4, 0.5) is 0 Å². The Morgan fingerprint density at radius 2 is 1.33 bits per heavy atom. The van der Waals surface area contributed by atoms with Gasteiger partial charge in [0.1, 0.15) is 0 Å². The molecule has 0 aliphatic heterocycles. The van der Waals surface area contributed by atoms with E-state index >= 15 is 0 Å². The van der Waals surface area contributed by atoms with Crippen LogP contribution in [0.5, 0.6) is 0 Å². The van der Waals surface area contributed by atoms with Gasteiger partial charge < -0.3 is 5.11 Å². The highest BCUT2D eigenvalue weighted by atomic mass is 32.1. The average Bonchev–Trinajstić information content (AvgIpc) is 1.41. The van der Waals surface area contributed by atoms with Crippen molar-refractivity contribution in [2.24, 2.45) is 0 Å². The van der Waals surface area contributed by atoms with E-state index in [0.717, 1.165) is 0 Å². The first-order chi connectivity index (χ1) is 2.73. The van der Waals surface area contributed by atoms with Crippen LogP contribution < -0.4 is 0 Å². The van der Waals surface area contributed by atoms with Crippen LogP contribution in [-0.4, -0.2) is 17.5 Å². The van der Waals surface area contributed by atoms with Crippen LogP contribution in [0.2, 0.25) is 0 Å². The molecule has 0 unspecified atom stereocenters. The summed E-state index contributed by atoms with van der Waals surface area (Å²) in [5.41, 5.74) is 0. The second-order valence-electron chi connectivity index (χ2n) is 1.09. The molecule has 0 saturated heterocycles. The van der Waals surface area contributed by atoms with Gasteiger partial charge in [0, 0.05) is 6.10 Å². The molecule has 0 bridgehead atoms. The molecule has 0 aromatic heterocycles. The minimum absolute atomic E-state index is 0.167. The number of aliphatic hydroxyl groups excluding tert-OH is 1. The van der Waals surface area contributed by atoms with Gasteiger partial charge in [-0.25, -0.2) is 0 Å². The van der Waals surface area contributed by atoms with E-state index in [1.165, 1.54) is 0 Å². The SMILES string of the molecule is CC(C)O.CS. The summed E-state index contributed by atoms with van der Waals surface area (Å²) in [6, 6.07) is 0. The Balaban J connectivity index is 0. The van der Waals surface area contributed by atoms with Crippen LogP contribution in [-0.2, 0) is 0 Å². The van der Waals surface area contributed by atoms with Gasteiger partial charge in [0.05, 0.1) is 0 Å². The highest BCUT2D eigenvalue weighted by Crippen LogP contribution is 1.65. The maximum Gasteiger partial charge on any atom is 0.0483 e. The zero-order valence-electron chi connectivity index (χ0n) is 4.47. The zero-order chi connectivity index (χ0) is 5.58. The van der Waals surface area contributed by atoms with E-state index in [1.807, 2.05) is 0 Å². The van der Waals surface area contributed by atoms with Crippen molar-refractivity contribution in [3.05, 3.63) is 0 Å². The molecule has 6 heavy (non-hydrogen) atoms. The Bertz CT molecular complexity index is 12.3. The Hall–Kier alpha value is 0.310. The summed E-state index contributed by atoms with van der Waals surface area (Å²) in [6.07, 6.45) is 1.53. The second kappa shape index (κ2) is 9.00. The first kappa shape index (κ1) is 9.58. The standard InChI is InChI=1S/C3H8O.CH4S/c1-3(2)4;1-2/h3-4H,1-2H3;2H,1H3. The molecule has 40 valence electrons. The molecule has 0 fully saturated rings. The van der Waals surface area contributed by atoms with Crippen molar-refractivity contribution >= 4 is 12.6 Å². The smallest absolute Gasteiger partial charge is 0.0483 e. The van der Waals surface area contributed by atoms with Crippen LogP contribution in [0.25, 0.3) is 0 Å². The molecule has 0 rings (SSSR count). The van der Waals surface area contributed by atoms with Gasteiger partial charge in [0.25, 0.3) is 0 Å². The number of thiol groups is 1. The lowest BCUT2D eigenvalue weighted by Gasteiger charge is -1.80. The third-order valence-electron chi connectivity index (χ3n) is 0.